The van der Waals surface area contributed by atoms with Crippen LogP contribution in [0.1, 0.15) is 30.7 Å². The fraction of sp³-hybridized carbons (Fsp3) is 0.800. The summed E-state index contributed by atoms with van der Waals surface area (Å²) in [6, 6.07) is 0.574. The molecule has 0 amide bonds. The molecule has 3 heterocycles. The van der Waals surface area contributed by atoms with Crippen molar-refractivity contribution in [1.29, 1.82) is 0 Å². The highest BCUT2D eigenvalue weighted by molar-refractivity contribution is 4.96. The second-order valence-electron chi connectivity index (χ2n) is 4.47. The smallest absolute Gasteiger partial charge is 0.254 e. The molecule has 0 aliphatic carbocycles. The topological polar surface area (TPSA) is 86.6 Å². The van der Waals surface area contributed by atoms with E-state index in [1.54, 1.807) is 0 Å². The molecule has 17 heavy (non-hydrogen) atoms. The van der Waals surface area contributed by atoms with Gasteiger partial charge in [0.15, 0.2) is 0 Å². The first kappa shape index (κ1) is 11.1. The van der Waals surface area contributed by atoms with Crippen LogP contribution in [0.4, 0.5) is 0 Å². The van der Waals surface area contributed by atoms with Crippen LogP contribution in [0, 0.1) is 0 Å². The maximum Gasteiger partial charge on any atom is 0.254 e. The van der Waals surface area contributed by atoms with Gasteiger partial charge < -0.3 is 9.26 Å². The minimum Gasteiger partial charge on any atom is -0.367 e. The molecule has 2 aliphatic heterocycles. The Labute approximate surface area is 98.8 Å². The van der Waals surface area contributed by atoms with E-state index in [2.05, 4.69) is 19.9 Å². The molecule has 94 valence electrons. The molecule has 7 heteroatoms. The largest absolute Gasteiger partial charge is 0.367 e. The summed E-state index contributed by atoms with van der Waals surface area (Å²) in [5, 5.41) is 3.90. The second-order valence-corrected chi connectivity index (χ2v) is 4.47. The summed E-state index contributed by atoms with van der Waals surface area (Å²) in [5.41, 5.74) is 0. The third-order valence-electron chi connectivity index (χ3n) is 3.37. The Morgan fingerprint density at radius 2 is 2.47 bits per heavy atom. The highest BCUT2D eigenvalue weighted by Crippen LogP contribution is 2.28. The van der Waals surface area contributed by atoms with E-state index in [0.29, 0.717) is 17.8 Å². The molecular weight excluding hydrogens is 224 g/mol. The lowest BCUT2D eigenvalue weighted by molar-refractivity contribution is -0.0548. The van der Waals surface area contributed by atoms with Crippen LogP contribution in [0.2, 0.25) is 0 Å². The molecule has 7 nitrogen and oxygen atoms in total. The Morgan fingerprint density at radius 3 is 3.35 bits per heavy atom. The maximum atomic E-state index is 5.77. The lowest BCUT2D eigenvalue weighted by Crippen LogP contribution is -2.42. The van der Waals surface area contributed by atoms with Gasteiger partial charge in [-0.05, 0) is 19.4 Å². The number of aromatic nitrogens is 2. The van der Waals surface area contributed by atoms with Gasteiger partial charge in [0, 0.05) is 12.6 Å². The molecule has 2 fully saturated rings. The lowest BCUT2D eigenvalue weighted by Gasteiger charge is -2.33. The third kappa shape index (κ3) is 2.19. The highest BCUT2D eigenvalue weighted by atomic mass is 16.6. The van der Waals surface area contributed by atoms with Gasteiger partial charge in [-0.15, -0.1) is 0 Å². The quantitative estimate of drug-likeness (QED) is 0.744. The molecule has 0 radical (unpaired) electrons. The van der Waals surface area contributed by atoms with Crippen LogP contribution in [0.15, 0.2) is 4.52 Å². The van der Waals surface area contributed by atoms with Gasteiger partial charge in [0.1, 0.15) is 12.7 Å². The third-order valence-corrected chi connectivity index (χ3v) is 3.37. The van der Waals surface area contributed by atoms with Gasteiger partial charge in [-0.2, -0.15) is 4.98 Å². The van der Waals surface area contributed by atoms with Crippen LogP contribution in [0.3, 0.4) is 0 Å². The molecule has 0 bridgehead atoms. The van der Waals surface area contributed by atoms with Crippen molar-refractivity contribution in [2.45, 2.75) is 31.6 Å². The zero-order valence-electron chi connectivity index (χ0n) is 9.54. The SMILES string of the molecule is NOCc1nc(C2CN3CCCC3CO2)no1. The Balaban J connectivity index is 1.67. The summed E-state index contributed by atoms with van der Waals surface area (Å²) in [5.74, 6) is 5.92. The molecule has 2 unspecified atom stereocenters. The Bertz CT molecular complexity index is 383. The molecule has 0 saturated carbocycles. The van der Waals surface area contributed by atoms with Crippen LogP contribution >= 0.6 is 0 Å². The van der Waals surface area contributed by atoms with Crippen LogP contribution in [-0.4, -0.2) is 40.8 Å². The molecule has 2 N–H and O–H groups in total. The first-order valence-corrected chi connectivity index (χ1v) is 5.86. The predicted molar refractivity (Wildman–Crippen MR) is 56.6 cm³/mol. The van der Waals surface area contributed by atoms with Gasteiger partial charge >= 0.3 is 0 Å². The van der Waals surface area contributed by atoms with E-state index in [0.717, 1.165) is 19.7 Å². The fourth-order valence-corrected chi connectivity index (χ4v) is 2.50. The van der Waals surface area contributed by atoms with Gasteiger partial charge in [-0.3, -0.25) is 9.74 Å². The zero-order chi connectivity index (χ0) is 11.7. The Morgan fingerprint density at radius 1 is 1.53 bits per heavy atom. The minimum absolute atomic E-state index is 0.0976. The molecule has 0 spiro atoms. The Hall–Kier alpha value is -1.02. The van der Waals surface area contributed by atoms with Crippen LogP contribution < -0.4 is 5.90 Å². The van der Waals surface area contributed by atoms with Crippen molar-refractivity contribution >= 4 is 0 Å². The van der Waals surface area contributed by atoms with Gasteiger partial charge in [-0.1, -0.05) is 5.16 Å². The van der Waals surface area contributed by atoms with Gasteiger partial charge in [0.2, 0.25) is 5.82 Å². The van der Waals surface area contributed by atoms with Gasteiger partial charge in [0.25, 0.3) is 5.89 Å². The van der Waals surface area contributed by atoms with Crippen molar-refractivity contribution in [3.8, 4) is 0 Å². The Kier molecular flexibility index (Phi) is 3.06. The summed E-state index contributed by atoms with van der Waals surface area (Å²) in [7, 11) is 0. The van der Waals surface area contributed by atoms with Crippen molar-refractivity contribution in [2.24, 2.45) is 5.90 Å². The second kappa shape index (κ2) is 4.69. The number of ether oxygens (including phenoxy) is 1. The summed E-state index contributed by atoms with van der Waals surface area (Å²) in [4.78, 5) is 11.1. The molecule has 2 aliphatic rings. The van der Waals surface area contributed by atoms with E-state index in [-0.39, 0.29) is 12.7 Å². The van der Waals surface area contributed by atoms with Crippen molar-refractivity contribution in [2.75, 3.05) is 19.7 Å². The number of nitrogens with zero attached hydrogens (tertiary/aromatic N) is 3. The van der Waals surface area contributed by atoms with E-state index in [9.17, 15) is 0 Å². The zero-order valence-corrected chi connectivity index (χ0v) is 9.54. The molecule has 2 atom stereocenters. The number of morpholine rings is 1. The van der Waals surface area contributed by atoms with Gasteiger partial charge in [-0.25, -0.2) is 5.90 Å². The standard InChI is InChI=1S/C10H16N4O3/c11-16-6-9-12-10(13-17-9)8-4-14-3-1-2-7(14)5-15-8/h7-8H,1-6,11H2. The molecular formula is C10H16N4O3. The number of hydrogen-bond acceptors (Lipinski definition) is 7. The predicted octanol–water partition coefficient (Wildman–Crippen LogP) is -0.00440. The molecule has 2 saturated heterocycles. The molecule has 0 aromatic carbocycles. The number of rotatable bonds is 3. The van der Waals surface area contributed by atoms with E-state index >= 15 is 0 Å². The van der Waals surface area contributed by atoms with Crippen LogP contribution in [-0.2, 0) is 16.2 Å². The minimum atomic E-state index is -0.0976. The average Bonchev–Trinajstić information content (AvgIpc) is 2.96. The normalized spacial score (nSPS) is 29.5. The van der Waals surface area contributed by atoms with Gasteiger partial charge in [0.05, 0.1) is 6.61 Å². The summed E-state index contributed by atoms with van der Waals surface area (Å²) in [6.07, 6.45) is 2.38. The van der Waals surface area contributed by atoms with E-state index in [4.69, 9.17) is 15.2 Å². The monoisotopic (exact) mass is 240 g/mol. The number of hydrogen-bond donors (Lipinski definition) is 1. The summed E-state index contributed by atoms with van der Waals surface area (Å²) < 4.78 is 10.8. The first-order chi connectivity index (χ1) is 8.36. The summed E-state index contributed by atoms with van der Waals surface area (Å²) in [6.45, 7) is 2.86. The molecule has 1 aromatic rings. The molecule has 1 aromatic heterocycles. The fourth-order valence-electron chi connectivity index (χ4n) is 2.50. The molecule has 3 rings (SSSR count). The van der Waals surface area contributed by atoms with Crippen molar-refractivity contribution in [3.63, 3.8) is 0 Å². The lowest BCUT2D eigenvalue weighted by atomic mass is 10.2. The average molecular weight is 240 g/mol. The van der Waals surface area contributed by atoms with E-state index < -0.39 is 0 Å². The van der Waals surface area contributed by atoms with Crippen LogP contribution in [0.5, 0.6) is 0 Å². The van der Waals surface area contributed by atoms with E-state index in [1.807, 2.05) is 0 Å². The number of nitrogens with two attached hydrogens (primary N) is 1. The van der Waals surface area contributed by atoms with Crippen LogP contribution in [0.25, 0.3) is 0 Å². The van der Waals surface area contributed by atoms with Crippen molar-refractivity contribution in [1.82, 2.24) is 15.0 Å². The number of fused-ring (bicyclic) bond motifs is 1. The van der Waals surface area contributed by atoms with Crippen molar-refractivity contribution in [3.05, 3.63) is 11.7 Å². The van der Waals surface area contributed by atoms with E-state index in [1.165, 1.54) is 12.8 Å². The maximum absolute atomic E-state index is 5.77. The van der Waals surface area contributed by atoms with Crippen molar-refractivity contribution < 1.29 is 14.1 Å². The first-order valence-electron chi connectivity index (χ1n) is 5.86. The highest BCUT2D eigenvalue weighted by Gasteiger charge is 2.34. The summed E-state index contributed by atoms with van der Waals surface area (Å²) >= 11 is 0.